The molecule has 21 heavy (non-hydrogen) atoms. The van der Waals surface area contributed by atoms with Crippen LogP contribution in [0.25, 0.3) is 0 Å². The summed E-state index contributed by atoms with van der Waals surface area (Å²) in [5.41, 5.74) is 5.61. The number of alkyl halides is 2. The average Bonchev–Trinajstić information content (AvgIpc) is 2.87. The van der Waals surface area contributed by atoms with E-state index in [-0.39, 0.29) is 29.9 Å². The molecule has 1 atom stereocenters. The van der Waals surface area contributed by atoms with Gasteiger partial charge < -0.3 is 5.73 Å². The zero-order valence-electron chi connectivity index (χ0n) is 11.4. The monoisotopic (exact) mass is 344 g/mol. The third-order valence-corrected chi connectivity index (χ3v) is 5.29. The zero-order chi connectivity index (χ0) is 14.8. The molecule has 1 aliphatic heterocycles. The number of halogens is 3. The minimum Gasteiger partial charge on any atom is -0.329 e. The lowest BCUT2D eigenvalue weighted by atomic mass is 10.1. The summed E-state index contributed by atoms with van der Waals surface area (Å²) >= 11 is 0. The van der Waals surface area contributed by atoms with Crippen molar-refractivity contribution in [3.8, 4) is 0 Å². The van der Waals surface area contributed by atoms with Crippen LogP contribution in [0.15, 0.2) is 17.3 Å². The van der Waals surface area contributed by atoms with Crippen LogP contribution in [0.1, 0.15) is 19.3 Å². The first kappa shape index (κ1) is 18.3. The molecular weight excluding hydrogens is 326 g/mol. The van der Waals surface area contributed by atoms with E-state index in [1.165, 1.54) is 4.31 Å². The number of nitrogens with two attached hydrogens (primary N) is 1. The van der Waals surface area contributed by atoms with Crippen LogP contribution in [0.4, 0.5) is 8.78 Å². The number of piperidine rings is 1. The van der Waals surface area contributed by atoms with Gasteiger partial charge in [0.25, 0.3) is 6.43 Å². The van der Waals surface area contributed by atoms with Crippen LogP contribution < -0.4 is 5.73 Å². The Morgan fingerprint density at radius 3 is 2.76 bits per heavy atom. The van der Waals surface area contributed by atoms with Crippen molar-refractivity contribution >= 4 is 22.4 Å². The molecule has 1 aromatic rings. The van der Waals surface area contributed by atoms with E-state index >= 15 is 0 Å². The number of hydrogen-bond acceptors (Lipinski definition) is 4. The van der Waals surface area contributed by atoms with Gasteiger partial charge in [-0.2, -0.15) is 9.40 Å². The fraction of sp³-hybridized carbons (Fsp3) is 0.727. The van der Waals surface area contributed by atoms with Crippen LogP contribution in [0.2, 0.25) is 0 Å². The third-order valence-electron chi connectivity index (χ3n) is 3.39. The van der Waals surface area contributed by atoms with Gasteiger partial charge in [-0.05, 0) is 12.8 Å². The largest absolute Gasteiger partial charge is 0.329 e. The molecule has 0 amide bonds. The molecule has 1 aromatic heterocycles. The van der Waals surface area contributed by atoms with Crippen molar-refractivity contribution in [2.75, 3.05) is 13.1 Å². The van der Waals surface area contributed by atoms with Crippen molar-refractivity contribution in [1.29, 1.82) is 0 Å². The molecule has 0 bridgehead atoms. The van der Waals surface area contributed by atoms with Gasteiger partial charge in [0.1, 0.15) is 11.4 Å². The molecule has 1 unspecified atom stereocenters. The molecule has 2 rings (SSSR count). The quantitative estimate of drug-likeness (QED) is 0.866. The predicted octanol–water partition coefficient (Wildman–Crippen LogP) is 1.07. The maximum absolute atomic E-state index is 12.5. The van der Waals surface area contributed by atoms with Gasteiger partial charge in [0.2, 0.25) is 10.0 Å². The van der Waals surface area contributed by atoms with E-state index < -0.39 is 23.0 Å². The minimum absolute atomic E-state index is 0. The Balaban J connectivity index is 0.00000220. The Labute approximate surface area is 128 Å². The van der Waals surface area contributed by atoms with Crippen molar-refractivity contribution in [3.05, 3.63) is 12.4 Å². The SMILES string of the molecule is Cl.NCC1CCCCN1S(=O)(=O)c1cnn(CC(F)F)c1. The van der Waals surface area contributed by atoms with Crippen molar-refractivity contribution in [2.45, 2.75) is 43.2 Å². The molecule has 0 saturated carbocycles. The standard InChI is InChI=1S/C11H18F2N4O2S.ClH/c12-11(13)8-16-7-10(6-15-16)20(18,19)17-4-2-1-3-9(17)5-14;/h6-7,9,11H,1-5,8,14H2;1H. The molecular formula is C11H19ClF2N4O2S. The molecule has 0 aromatic carbocycles. The lowest BCUT2D eigenvalue weighted by Gasteiger charge is -2.33. The normalized spacial score (nSPS) is 20.5. The molecule has 0 aliphatic carbocycles. The van der Waals surface area contributed by atoms with Crippen LogP contribution >= 0.6 is 12.4 Å². The van der Waals surface area contributed by atoms with Crippen LogP contribution in [-0.4, -0.2) is 48.1 Å². The maximum atomic E-state index is 12.5. The van der Waals surface area contributed by atoms with Gasteiger partial charge in [-0.1, -0.05) is 6.42 Å². The van der Waals surface area contributed by atoms with Crippen LogP contribution in [-0.2, 0) is 16.6 Å². The first-order valence-electron chi connectivity index (χ1n) is 6.47. The van der Waals surface area contributed by atoms with Crippen LogP contribution in [0.5, 0.6) is 0 Å². The average molecular weight is 345 g/mol. The minimum atomic E-state index is -3.71. The fourth-order valence-electron chi connectivity index (χ4n) is 2.38. The van der Waals surface area contributed by atoms with Crippen LogP contribution in [0, 0.1) is 0 Å². The second-order valence-electron chi connectivity index (χ2n) is 4.79. The topological polar surface area (TPSA) is 81.2 Å². The Morgan fingerprint density at radius 2 is 2.14 bits per heavy atom. The van der Waals surface area contributed by atoms with Gasteiger partial charge in [-0.15, -0.1) is 12.4 Å². The third kappa shape index (κ3) is 4.12. The second-order valence-corrected chi connectivity index (χ2v) is 6.68. The van der Waals surface area contributed by atoms with Crippen molar-refractivity contribution in [1.82, 2.24) is 14.1 Å². The van der Waals surface area contributed by atoms with Gasteiger partial charge in [0, 0.05) is 25.3 Å². The molecule has 1 fully saturated rings. The highest BCUT2D eigenvalue weighted by Crippen LogP contribution is 2.24. The van der Waals surface area contributed by atoms with Crippen molar-refractivity contribution < 1.29 is 17.2 Å². The molecule has 6 nitrogen and oxygen atoms in total. The Morgan fingerprint density at radius 1 is 1.43 bits per heavy atom. The highest BCUT2D eigenvalue weighted by Gasteiger charge is 2.33. The van der Waals surface area contributed by atoms with Crippen molar-refractivity contribution in [2.24, 2.45) is 5.73 Å². The smallest absolute Gasteiger partial charge is 0.257 e. The molecule has 2 heterocycles. The molecule has 2 N–H and O–H groups in total. The number of nitrogens with zero attached hydrogens (tertiary/aromatic N) is 3. The second kappa shape index (κ2) is 7.48. The summed E-state index contributed by atoms with van der Waals surface area (Å²) in [4.78, 5) is -0.0569. The summed E-state index contributed by atoms with van der Waals surface area (Å²) in [5, 5.41) is 3.67. The van der Waals surface area contributed by atoms with E-state index in [0.717, 1.165) is 36.3 Å². The lowest BCUT2D eigenvalue weighted by Crippen LogP contribution is -2.47. The number of rotatable bonds is 5. The first-order valence-corrected chi connectivity index (χ1v) is 7.91. The predicted molar refractivity (Wildman–Crippen MR) is 76.1 cm³/mol. The summed E-state index contributed by atoms with van der Waals surface area (Å²) in [5.74, 6) is 0. The summed E-state index contributed by atoms with van der Waals surface area (Å²) in [7, 11) is -3.71. The zero-order valence-corrected chi connectivity index (χ0v) is 13.0. The molecule has 10 heteroatoms. The lowest BCUT2D eigenvalue weighted by molar-refractivity contribution is 0.121. The molecule has 0 spiro atoms. The van der Waals surface area contributed by atoms with Crippen molar-refractivity contribution in [3.63, 3.8) is 0 Å². The number of aromatic nitrogens is 2. The Hall–Kier alpha value is -0.770. The van der Waals surface area contributed by atoms with Crippen LogP contribution in [0.3, 0.4) is 0 Å². The van der Waals surface area contributed by atoms with E-state index in [2.05, 4.69) is 5.10 Å². The van der Waals surface area contributed by atoms with E-state index in [4.69, 9.17) is 5.73 Å². The summed E-state index contributed by atoms with van der Waals surface area (Å²) < 4.78 is 51.8. The van der Waals surface area contributed by atoms with E-state index in [0.29, 0.717) is 6.54 Å². The van der Waals surface area contributed by atoms with E-state index in [1.807, 2.05) is 0 Å². The Kier molecular flexibility index (Phi) is 6.51. The number of hydrogen-bond donors (Lipinski definition) is 1. The van der Waals surface area contributed by atoms with Gasteiger partial charge >= 0.3 is 0 Å². The number of sulfonamides is 1. The van der Waals surface area contributed by atoms with E-state index in [9.17, 15) is 17.2 Å². The molecule has 0 radical (unpaired) electrons. The maximum Gasteiger partial charge on any atom is 0.257 e. The summed E-state index contributed by atoms with van der Waals surface area (Å²) in [6.45, 7) is 0.0461. The van der Waals surface area contributed by atoms with Gasteiger partial charge in [-0.3, -0.25) is 4.68 Å². The first-order chi connectivity index (χ1) is 9.45. The molecule has 1 saturated heterocycles. The van der Waals surface area contributed by atoms with Gasteiger partial charge in [-0.25, -0.2) is 17.2 Å². The molecule has 1 aliphatic rings. The highest BCUT2D eigenvalue weighted by atomic mass is 35.5. The Bertz CT molecular complexity index is 552. The fourth-order valence-corrected chi connectivity index (χ4v) is 4.04. The highest BCUT2D eigenvalue weighted by molar-refractivity contribution is 7.89. The summed E-state index contributed by atoms with van der Waals surface area (Å²) in [6.07, 6.45) is 2.13. The van der Waals surface area contributed by atoms with Gasteiger partial charge in [0.05, 0.1) is 6.20 Å². The summed E-state index contributed by atoms with van der Waals surface area (Å²) in [6, 6.07) is -0.229. The molecule has 122 valence electrons. The van der Waals surface area contributed by atoms with Gasteiger partial charge in [0.15, 0.2) is 0 Å². The van der Waals surface area contributed by atoms with E-state index in [1.54, 1.807) is 0 Å².